The third kappa shape index (κ3) is 1.62. The molecular weight excluding hydrogens is 166 g/mol. The molecular formula is C7H6F2N2O. The largest absolute Gasteiger partial charge is 0.324 e. The highest BCUT2D eigenvalue weighted by Crippen LogP contribution is 2.06. The highest BCUT2D eigenvalue weighted by molar-refractivity contribution is 5.97. The predicted octanol–water partition coefficient (Wildman–Crippen LogP) is 0.501. The fourth-order valence-corrected chi connectivity index (χ4v) is 0.737. The Hall–Kier alpha value is -1.36. The van der Waals surface area contributed by atoms with Crippen LogP contribution < -0.4 is 5.73 Å². The van der Waals surface area contributed by atoms with Gasteiger partial charge in [0.05, 0.1) is 18.3 Å². The van der Waals surface area contributed by atoms with Crippen molar-refractivity contribution in [1.29, 1.82) is 0 Å². The quantitative estimate of drug-likeness (QED) is 0.522. The van der Waals surface area contributed by atoms with Crippen molar-refractivity contribution >= 4 is 5.78 Å². The van der Waals surface area contributed by atoms with Gasteiger partial charge < -0.3 is 5.73 Å². The Labute approximate surface area is 67.2 Å². The van der Waals surface area contributed by atoms with Crippen molar-refractivity contribution in [3.05, 3.63) is 29.6 Å². The first kappa shape index (κ1) is 8.73. The van der Waals surface area contributed by atoms with E-state index in [-0.39, 0.29) is 12.1 Å². The standard InChI is InChI=1S/C7H6F2N2O/c8-5-3-11-7(9)1-4(5)6(12)2-10/h1,3H,2,10H2. The average molecular weight is 172 g/mol. The summed E-state index contributed by atoms with van der Waals surface area (Å²) in [6.45, 7) is -0.347. The summed E-state index contributed by atoms with van der Waals surface area (Å²) in [5.41, 5.74) is 4.61. The number of hydrogen-bond donors (Lipinski definition) is 1. The van der Waals surface area contributed by atoms with Crippen molar-refractivity contribution in [2.75, 3.05) is 6.54 Å². The molecule has 5 heteroatoms. The first-order valence-electron chi connectivity index (χ1n) is 3.19. The Kier molecular flexibility index (Phi) is 2.44. The molecule has 0 aromatic carbocycles. The molecule has 0 atom stereocenters. The van der Waals surface area contributed by atoms with Gasteiger partial charge in [-0.3, -0.25) is 4.79 Å². The number of Topliss-reactive ketones (excluding diaryl/α,β-unsaturated/α-hetero) is 1. The maximum absolute atomic E-state index is 12.7. The number of nitrogens with two attached hydrogens (primary N) is 1. The predicted molar refractivity (Wildman–Crippen MR) is 37.5 cm³/mol. The summed E-state index contributed by atoms with van der Waals surface area (Å²) in [6, 6.07) is 0.727. The number of aromatic nitrogens is 1. The van der Waals surface area contributed by atoms with E-state index in [0.717, 1.165) is 6.07 Å². The molecule has 0 amide bonds. The van der Waals surface area contributed by atoms with Gasteiger partial charge in [-0.05, 0) is 0 Å². The van der Waals surface area contributed by atoms with Crippen LogP contribution in [0.1, 0.15) is 10.4 Å². The van der Waals surface area contributed by atoms with Gasteiger partial charge in [0.1, 0.15) is 0 Å². The van der Waals surface area contributed by atoms with Crippen LogP contribution in [0.5, 0.6) is 0 Å². The van der Waals surface area contributed by atoms with Gasteiger partial charge in [0.2, 0.25) is 5.95 Å². The highest BCUT2D eigenvalue weighted by atomic mass is 19.1. The molecule has 0 saturated heterocycles. The first-order chi connectivity index (χ1) is 5.65. The van der Waals surface area contributed by atoms with Crippen molar-refractivity contribution in [2.24, 2.45) is 5.73 Å². The van der Waals surface area contributed by atoms with E-state index in [1.165, 1.54) is 0 Å². The molecule has 1 rings (SSSR count). The molecule has 0 saturated carbocycles. The lowest BCUT2D eigenvalue weighted by Crippen LogP contribution is -2.15. The minimum absolute atomic E-state index is 0.347. The van der Waals surface area contributed by atoms with Crippen LogP contribution in [-0.4, -0.2) is 17.3 Å². The lowest BCUT2D eigenvalue weighted by molar-refractivity contribution is 0.0996. The molecule has 0 bridgehead atoms. The zero-order valence-electron chi connectivity index (χ0n) is 6.05. The maximum atomic E-state index is 12.7. The number of carbonyl (C=O) groups excluding carboxylic acids is 1. The molecule has 0 aliphatic heterocycles. The molecule has 0 aliphatic rings. The van der Waals surface area contributed by atoms with E-state index >= 15 is 0 Å². The van der Waals surface area contributed by atoms with Gasteiger partial charge in [0, 0.05) is 6.07 Å². The molecule has 64 valence electrons. The van der Waals surface area contributed by atoms with E-state index in [9.17, 15) is 13.6 Å². The van der Waals surface area contributed by atoms with E-state index in [1.807, 2.05) is 0 Å². The smallest absolute Gasteiger partial charge is 0.213 e. The van der Waals surface area contributed by atoms with Gasteiger partial charge >= 0.3 is 0 Å². The van der Waals surface area contributed by atoms with Crippen molar-refractivity contribution < 1.29 is 13.6 Å². The van der Waals surface area contributed by atoms with Crippen LogP contribution in [0.25, 0.3) is 0 Å². The second-order valence-corrected chi connectivity index (χ2v) is 2.11. The molecule has 0 aliphatic carbocycles. The molecule has 0 radical (unpaired) electrons. The Bertz CT molecular complexity index is 314. The van der Waals surface area contributed by atoms with E-state index < -0.39 is 17.5 Å². The second-order valence-electron chi connectivity index (χ2n) is 2.11. The second kappa shape index (κ2) is 3.36. The molecule has 0 fully saturated rings. The first-order valence-corrected chi connectivity index (χ1v) is 3.19. The minimum atomic E-state index is -0.895. The molecule has 1 heterocycles. The highest BCUT2D eigenvalue weighted by Gasteiger charge is 2.11. The van der Waals surface area contributed by atoms with Crippen LogP contribution in [0.4, 0.5) is 8.78 Å². The molecule has 1 aromatic heterocycles. The van der Waals surface area contributed by atoms with Gasteiger partial charge in [-0.1, -0.05) is 0 Å². The Balaban J connectivity index is 3.13. The van der Waals surface area contributed by atoms with Gasteiger partial charge in [-0.2, -0.15) is 4.39 Å². The summed E-state index contributed by atoms with van der Waals surface area (Å²) in [7, 11) is 0. The number of carbonyl (C=O) groups is 1. The van der Waals surface area contributed by atoms with Crippen molar-refractivity contribution in [3.63, 3.8) is 0 Å². The number of nitrogens with zero attached hydrogens (tertiary/aromatic N) is 1. The Morgan fingerprint density at radius 3 is 2.83 bits per heavy atom. The average Bonchev–Trinajstić information content (AvgIpc) is 2.08. The summed E-state index contributed by atoms with van der Waals surface area (Å²) in [6.07, 6.45) is 0.651. The number of hydrogen-bond acceptors (Lipinski definition) is 3. The number of rotatable bonds is 2. The van der Waals surface area contributed by atoms with Gasteiger partial charge in [0.15, 0.2) is 11.6 Å². The summed E-state index contributed by atoms with van der Waals surface area (Å²) < 4.78 is 25.1. The summed E-state index contributed by atoms with van der Waals surface area (Å²) in [5, 5.41) is 0. The minimum Gasteiger partial charge on any atom is -0.324 e. The lowest BCUT2D eigenvalue weighted by atomic mass is 10.2. The summed E-state index contributed by atoms with van der Waals surface area (Å²) in [5.74, 6) is -2.39. The van der Waals surface area contributed by atoms with Crippen molar-refractivity contribution in [3.8, 4) is 0 Å². The van der Waals surface area contributed by atoms with Crippen LogP contribution in [-0.2, 0) is 0 Å². The monoisotopic (exact) mass is 172 g/mol. The zero-order valence-corrected chi connectivity index (χ0v) is 6.05. The fraction of sp³-hybridized carbons (Fsp3) is 0.143. The molecule has 12 heavy (non-hydrogen) atoms. The van der Waals surface area contributed by atoms with Crippen LogP contribution in [0.3, 0.4) is 0 Å². The van der Waals surface area contributed by atoms with Crippen LogP contribution in [0.15, 0.2) is 12.3 Å². The van der Waals surface area contributed by atoms with Crippen LogP contribution in [0.2, 0.25) is 0 Å². The van der Waals surface area contributed by atoms with Gasteiger partial charge in [-0.15, -0.1) is 0 Å². The van der Waals surface area contributed by atoms with E-state index in [1.54, 1.807) is 0 Å². The Morgan fingerprint density at radius 2 is 2.25 bits per heavy atom. The molecule has 1 aromatic rings. The molecule has 0 spiro atoms. The third-order valence-corrected chi connectivity index (χ3v) is 1.31. The fourth-order valence-electron chi connectivity index (χ4n) is 0.737. The number of halogens is 2. The van der Waals surface area contributed by atoms with Crippen LogP contribution >= 0.6 is 0 Å². The van der Waals surface area contributed by atoms with Gasteiger partial charge in [-0.25, -0.2) is 9.37 Å². The third-order valence-electron chi connectivity index (χ3n) is 1.31. The summed E-state index contributed by atoms with van der Waals surface area (Å²) >= 11 is 0. The number of ketones is 1. The van der Waals surface area contributed by atoms with Crippen molar-refractivity contribution in [1.82, 2.24) is 4.98 Å². The Morgan fingerprint density at radius 1 is 1.58 bits per heavy atom. The number of pyridine rings is 1. The van der Waals surface area contributed by atoms with Crippen molar-refractivity contribution in [2.45, 2.75) is 0 Å². The normalized spacial score (nSPS) is 9.92. The topological polar surface area (TPSA) is 56.0 Å². The van der Waals surface area contributed by atoms with Gasteiger partial charge in [0.25, 0.3) is 0 Å². The maximum Gasteiger partial charge on any atom is 0.213 e. The molecule has 3 nitrogen and oxygen atoms in total. The lowest BCUT2D eigenvalue weighted by Gasteiger charge is -1.98. The zero-order chi connectivity index (χ0) is 9.14. The van der Waals surface area contributed by atoms with E-state index in [2.05, 4.69) is 4.98 Å². The summed E-state index contributed by atoms with van der Waals surface area (Å²) in [4.78, 5) is 13.8. The molecule has 0 unspecified atom stereocenters. The van der Waals surface area contributed by atoms with E-state index in [4.69, 9.17) is 5.73 Å². The SMILES string of the molecule is NCC(=O)c1cc(F)ncc1F. The molecule has 2 N–H and O–H groups in total. The van der Waals surface area contributed by atoms with Crippen LogP contribution in [0, 0.1) is 11.8 Å². The van der Waals surface area contributed by atoms with E-state index in [0.29, 0.717) is 6.20 Å².